The summed E-state index contributed by atoms with van der Waals surface area (Å²) in [7, 11) is 0. The van der Waals surface area contributed by atoms with Gasteiger partial charge in [-0.25, -0.2) is 0 Å². The van der Waals surface area contributed by atoms with Gasteiger partial charge in [-0.3, -0.25) is 14.9 Å². The molecule has 1 aliphatic heterocycles. The molecule has 1 fully saturated rings. The number of nitro groups is 1. The number of fused-ring (bicyclic) bond motifs is 1. The molecule has 7 heteroatoms. The molecule has 1 saturated heterocycles. The summed E-state index contributed by atoms with van der Waals surface area (Å²) >= 11 is 0. The lowest BCUT2D eigenvalue weighted by Crippen LogP contribution is -2.22. The van der Waals surface area contributed by atoms with Gasteiger partial charge < -0.3 is 9.32 Å². The quantitative estimate of drug-likeness (QED) is 0.603. The maximum atomic E-state index is 11.9. The largest absolute Gasteiger partial charge is 0.425 e. The van der Waals surface area contributed by atoms with E-state index in [1.807, 2.05) is 4.90 Å². The molecule has 0 unspecified atom stereocenters. The van der Waals surface area contributed by atoms with Crippen molar-refractivity contribution in [1.29, 1.82) is 0 Å². The van der Waals surface area contributed by atoms with E-state index in [4.69, 9.17) is 4.42 Å². The van der Waals surface area contributed by atoms with Crippen LogP contribution in [0.3, 0.4) is 0 Å². The number of benzene rings is 1. The number of anilines is 1. The first-order valence-electron chi connectivity index (χ1n) is 5.99. The van der Waals surface area contributed by atoms with Gasteiger partial charge in [0.1, 0.15) is 5.58 Å². The molecule has 0 amide bonds. The minimum absolute atomic E-state index is 0.136. The summed E-state index contributed by atoms with van der Waals surface area (Å²) in [5.41, 5.74) is -0.310. The molecule has 0 radical (unpaired) electrons. The number of aromatic nitrogens is 1. The molecule has 1 aromatic heterocycles. The number of nitrogens with zero attached hydrogens (tertiary/aromatic N) is 3. The molecular formula is C12H11N3O4. The Morgan fingerprint density at radius 1 is 1.32 bits per heavy atom. The molecule has 0 bridgehead atoms. The van der Waals surface area contributed by atoms with Crippen LogP contribution in [0.4, 0.5) is 11.7 Å². The molecule has 0 aliphatic carbocycles. The highest BCUT2D eigenvalue weighted by molar-refractivity contribution is 5.78. The van der Waals surface area contributed by atoms with Crippen LogP contribution in [0, 0.1) is 10.1 Å². The minimum atomic E-state index is -0.548. The average Bonchev–Trinajstić information content (AvgIpc) is 2.92. The Kier molecular flexibility index (Phi) is 2.66. The highest BCUT2D eigenvalue weighted by atomic mass is 16.6. The van der Waals surface area contributed by atoms with Gasteiger partial charge in [0.25, 0.3) is 11.2 Å². The lowest BCUT2D eigenvalue weighted by molar-refractivity contribution is -0.384. The molecule has 2 aromatic rings. The van der Waals surface area contributed by atoms with Crippen molar-refractivity contribution < 1.29 is 9.34 Å². The summed E-state index contributed by atoms with van der Waals surface area (Å²) in [6, 6.07) is 4.25. The van der Waals surface area contributed by atoms with E-state index in [9.17, 15) is 14.9 Å². The maximum absolute atomic E-state index is 11.9. The van der Waals surface area contributed by atoms with Crippen LogP contribution in [0.2, 0.25) is 0 Å². The predicted molar refractivity (Wildman–Crippen MR) is 68.4 cm³/mol. The van der Waals surface area contributed by atoms with Gasteiger partial charge in [0, 0.05) is 25.2 Å². The Labute approximate surface area is 107 Å². The zero-order valence-corrected chi connectivity index (χ0v) is 10.0. The predicted octanol–water partition coefficient (Wildman–Crippen LogP) is 1.70. The fraction of sp³-hybridized carbons (Fsp3) is 0.333. The van der Waals surface area contributed by atoms with Crippen molar-refractivity contribution in [3.63, 3.8) is 0 Å². The third kappa shape index (κ3) is 2.03. The van der Waals surface area contributed by atoms with Crippen LogP contribution >= 0.6 is 0 Å². The standard InChI is InChI=1S/C12H11N3O4/c16-11-9-7-8(15(17)18)3-4-10(9)19-12(13-11)14-5-1-2-6-14/h3-4,7H,1-2,5-6H2. The van der Waals surface area contributed by atoms with E-state index in [2.05, 4.69) is 4.98 Å². The molecule has 0 N–H and O–H groups in total. The van der Waals surface area contributed by atoms with Gasteiger partial charge in [0.2, 0.25) is 0 Å². The number of nitro benzene ring substituents is 1. The number of non-ortho nitro benzene ring substituents is 1. The van der Waals surface area contributed by atoms with Crippen molar-refractivity contribution in [2.24, 2.45) is 0 Å². The molecule has 7 nitrogen and oxygen atoms in total. The van der Waals surface area contributed by atoms with Crippen molar-refractivity contribution in [3.8, 4) is 0 Å². The monoisotopic (exact) mass is 261 g/mol. The molecule has 0 spiro atoms. The normalized spacial score (nSPS) is 15.1. The van der Waals surface area contributed by atoms with E-state index in [1.165, 1.54) is 18.2 Å². The van der Waals surface area contributed by atoms with Gasteiger partial charge in [-0.1, -0.05) is 0 Å². The van der Waals surface area contributed by atoms with E-state index in [0.29, 0.717) is 11.6 Å². The minimum Gasteiger partial charge on any atom is -0.425 e. The molecule has 19 heavy (non-hydrogen) atoms. The van der Waals surface area contributed by atoms with Crippen LogP contribution in [0.5, 0.6) is 0 Å². The smallest absolute Gasteiger partial charge is 0.301 e. The molecule has 1 aromatic carbocycles. The summed E-state index contributed by atoms with van der Waals surface area (Å²) in [6.07, 6.45) is 2.09. The number of hydrogen-bond acceptors (Lipinski definition) is 6. The van der Waals surface area contributed by atoms with E-state index in [0.717, 1.165) is 25.9 Å². The SMILES string of the molecule is O=c1nc(N2CCCC2)oc2ccc([N+](=O)[O-])cc12. The van der Waals surface area contributed by atoms with Gasteiger partial charge in [-0.15, -0.1) is 0 Å². The lowest BCUT2D eigenvalue weighted by atomic mass is 10.2. The van der Waals surface area contributed by atoms with Crippen LogP contribution in [0.25, 0.3) is 11.0 Å². The Balaban J connectivity index is 2.14. The van der Waals surface area contributed by atoms with Crippen LogP contribution < -0.4 is 10.5 Å². The Hall–Kier alpha value is -2.44. The second kappa shape index (κ2) is 4.34. The van der Waals surface area contributed by atoms with Gasteiger partial charge in [-0.05, 0) is 18.9 Å². The molecular weight excluding hydrogens is 250 g/mol. The first kappa shape index (κ1) is 11.6. The first-order valence-corrected chi connectivity index (χ1v) is 5.99. The van der Waals surface area contributed by atoms with Crippen LogP contribution in [0.1, 0.15) is 12.8 Å². The fourth-order valence-electron chi connectivity index (χ4n) is 2.20. The zero-order valence-electron chi connectivity index (χ0n) is 10.0. The van der Waals surface area contributed by atoms with E-state index in [1.54, 1.807) is 0 Å². The highest BCUT2D eigenvalue weighted by Crippen LogP contribution is 2.23. The second-order valence-corrected chi connectivity index (χ2v) is 4.43. The molecule has 2 heterocycles. The van der Waals surface area contributed by atoms with Crippen LogP contribution in [-0.4, -0.2) is 23.0 Å². The van der Waals surface area contributed by atoms with E-state index >= 15 is 0 Å². The van der Waals surface area contributed by atoms with Gasteiger partial charge >= 0.3 is 6.01 Å². The third-order valence-electron chi connectivity index (χ3n) is 3.18. The van der Waals surface area contributed by atoms with Crippen molar-refractivity contribution in [2.75, 3.05) is 18.0 Å². The summed E-state index contributed by atoms with van der Waals surface area (Å²) in [5, 5.41) is 10.8. The molecule has 0 saturated carbocycles. The number of hydrogen-bond donors (Lipinski definition) is 0. The fourth-order valence-corrected chi connectivity index (χ4v) is 2.20. The van der Waals surface area contributed by atoms with E-state index in [-0.39, 0.29) is 11.1 Å². The highest BCUT2D eigenvalue weighted by Gasteiger charge is 2.18. The topological polar surface area (TPSA) is 89.5 Å². The Morgan fingerprint density at radius 3 is 2.74 bits per heavy atom. The van der Waals surface area contributed by atoms with Crippen molar-refractivity contribution in [2.45, 2.75) is 12.8 Å². The van der Waals surface area contributed by atoms with E-state index < -0.39 is 10.5 Å². The van der Waals surface area contributed by atoms with Crippen molar-refractivity contribution in [3.05, 3.63) is 38.7 Å². The maximum Gasteiger partial charge on any atom is 0.301 e. The average molecular weight is 261 g/mol. The van der Waals surface area contributed by atoms with Crippen molar-refractivity contribution >= 4 is 22.7 Å². The summed E-state index contributed by atoms with van der Waals surface area (Å²) in [4.78, 5) is 27.8. The van der Waals surface area contributed by atoms with Gasteiger partial charge in [0.15, 0.2) is 0 Å². The Bertz CT molecular complexity index is 704. The lowest BCUT2D eigenvalue weighted by Gasteiger charge is -2.13. The number of rotatable bonds is 2. The van der Waals surface area contributed by atoms with Crippen LogP contribution in [0.15, 0.2) is 27.4 Å². The van der Waals surface area contributed by atoms with Crippen LogP contribution in [-0.2, 0) is 0 Å². The molecule has 98 valence electrons. The van der Waals surface area contributed by atoms with Crippen molar-refractivity contribution in [1.82, 2.24) is 4.98 Å². The first-order chi connectivity index (χ1) is 9.15. The molecule has 3 rings (SSSR count). The zero-order chi connectivity index (χ0) is 13.4. The second-order valence-electron chi connectivity index (χ2n) is 4.43. The summed E-state index contributed by atoms with van der Waals surface area (Å²) in [5.74, 6) is 0. The Morgan fingerprint density at radius 2 is 2.05 bits per heavy atom. The summed E-state index contributed by atoms with van der Waals surface area (Å²) in [6.45, 7) is 1.63. The van der Waals surface area contributed by atoms with Gasteiger partial charge in [-0.2, -0.15) is 4.98 Å². The van der Waals surface area contributed by atoms with Gasteiger partial charge in [0.05, 0.1) is 10.3 Å². The summed E-state index contributed by atoms with van der Waals surface area (Å²) < 4.78 is 5.55. The molecule has 1 aliphatic rings. The molecule has 0 atom stereocenters. The third-order valence-corrected chi connectivity index (χ3v) is 3.18.